The molecule has 0 aliphatic carbocycles. The molecule has 0 heterocycles. The van der Waals surface area contributed by atoms with Gasteiger partial charge < -0.3 is 14.2 Å². The Bertz CT molecular complexity index is 997. The molecule has 1 unspecified atom stereocenters. The van der Waals surface area contributed by atoms with E-state index in [0.29, 0.717) is 29.4 Å². The smallest absolute Gasteiger partial charge is 0.308 e. The molecule has 30 heavy (non-hydrogen) atoms. The van der Waals surface area contributed by atoms with Crippen molar-refractivity contribution in [3.8, 4) is 17.2 Å². The van der Waals surface area contributed by atoms with Crippen LogP contribution < -0.4 is 14.2 Å². The normalized spacial score (nSPS) is 11.4. The van der Waals surface area contributed by atoms with Crippen LogP contribution in [-0.4, -0.2) is 18.9 Å². The minimum atomic E-state index is -0.432. The van der Waals surface area contributed by atoms with E-state index in [-0.39, 0.29) is 0 Å². The number of aldehydes is 1. The molecule has 5 nitrogen and oxygen atoms in total. The quantitative estimate of drug-likeness (QED) is 0.279. The highest BCUT2D eigenvalue weighted by atomic mass is 16.5. The Morgan fingerprint density at radius 3 is 2.40 bits per heavy atom. The monoisotopic (exact) mass is 404 g/mol. The van der Waals surface area contributed by atoms with Crippen molar-refractivity contribution < 1.29 is 23.8 Å². The number of ether oxygens (including phenoxy) is 3. The summed E-state index contributed by atoms with van der Waals surface area (Å²) in [7, 11) is 0. The van der Waals surface area contributed by atoms with Crippen molar-refractivity contribution in [1.29, 1.82) is 0 Å². The highest BCUT2D eigenvalue weighted by molar-refractivity contribution is 5.76. The maximum absolute atomic E-state index is 11.4. The van der Waals surface area contributed by atoms with E-state index in [1.54, 1.807) is 30.3 Å². The van der Waals surface area contributed by atoms with Crippen LogP contribution >= 0.6 is 0 Å². The van der Waals surface area contributed by atoms with Gasteiger partial charge in [0.05, 0.1) is 6.61 Å². The van der Waals surface area contributed by atoms with Crippen LogP contribution in [0.3, 0.4) is 0 Å². The van der Waals surface area contributed by atoms with Gasteiger partial charge in [0, 0.05) is 24.5 Å². The highest BCUT2D eigenvalue weighted by Gasteiger charge is 2.17. The minimum absolute atomic E-state index is 0.400. The van der Waals surface area contributed by atoms with Gasteiger partial charge in [-0.15, -0.1) is 0 Å². The Kier molecular flexibility index (Phi) is 7.22. The molecule has 0 radical (unpaired) electrons. The van der Waals surface area contributed by atoms with Crippen LogP contribution in [0.5, 0.6) is 17.2 Å². The second kappa shape index (κ2) is 10.3. The molecule has 0 saturated heterocycles. The first-order valence-corrected chi connectivity index (χ1v) is 9.77. The molecule has 0 spiro atoms. The molecule has 0 amide bonds. The first-order chi connectivity index (χ1) is 14.6. The molecule has 0 fully saturated rings. The van der Waals surface area contributed by atoms with Gasteiger partial charge in [-0.2, -0.15) is 0 Å². The van der Waals surface area contributed by atoms with Gasteiger partial charge in [-0.05, 0) is 36.8 Å². The van der Waals surface area contributed by atoms with E-state index in [9.17, 15) is 9.59 Å². The topological polar surface area (TPSA) is 61.8 Å². The predicted molar refractivity (Wildman–Crippen MR) is 114 cm³/mol. The second-order valence-corrected chi connectivity index (χ2v) is 6.80. The van der Waals surface area contributed by atoms with E-state index in [0.717, 1.165) is 18.3 Å². The molecule has 154 valence electrons. The lowest BCUT2D eigenvalue weighted by Gasteiger charge is -2.20. The zero-order valence-electron chi connectivity index (χ0n) is 17.0. The molecule has 0 bridgehead atoms. The van der Waals surface area contributed by atoms with Crippen LogP contribution in [0, 0.1) is 0 Å². The summed E-state index contributed by atoms with van der Waals surface area (Å²) in [6.45, 7) is 3.68. The van der Waals surface area contributed by atoms with Crippen LogP contribution in [-0.2, 0) is 11.2 Å². The van der Waals surface area contributed by atoms with E-state index in [4.69, 9.17) is 14.2 Å². The van der Waals surface area contributed by atoms with Crippen molar-refractivity contribution in [1.82, 2.24) is 0 Å². The fourth-order valence-corrected chi connectivity index (χ4v) is 3.05. The number of carbonyl (C=O) groups is 2. The maximum atomic E-state index is 11.4. The van der Waals surface area contributed by atoms with Gasteiger partial charge in [-0.3, -0.25) is 9.59 Å². The molecule has 0 aromatic heterocycles. The SMILES string of the molecule is CC(=O)Oc1ccccc1C(C)Oc1cc(C=O)ccc1OCCc1ccccc1. The van der Waals surface area contributed by atoms with Crippen molar-refractivity contribution in [2.75, 3.05) is 6.61 Å². The van der Waals surface area contributed by atoms with Crippen LogP contribution in [0.2, 0.25) is 0 Å². The number of carbonyl (C=O) groups excluding carboxylic acids is 2. The lowest BCUT2D eigenvalue weighted by Crippen LogP contribution is -2.10. The third-order valence-electron chi connectivity index (χ3n) is 4.51. The Labute approximate surface area is 176 Å². The first-order valence-electron chi connectivity index (χ1n) is 9.77. The number of rotatable bonds is 9. The summed E-state index contributed by atoms with van der Waals surface area (Å²) in [5.41, 5.74) is 2.38. The molecular formula is C25H24O5. The lowest BCUT2D eigenvalue weighted by atomic mass is 10.1. The van der Waals surface area contributed by atoms with E-state index in [1.165, 1.54) is 12.5 Å². The van der Waals surface area contributed by atoms with Crippen LogP contribution in [0.25, 0.3) is 0 Å². The van der Waals surface area contributed by atoms with Gasteiger partial charge in [-0.1, -0.05) is 48.5 Å². The summed E-state index contributed by atoms with van der Waals surface area (Å²) in [6, 6.07) is 22.3. The lowest BCUT2D eigenvalue weighted by molar-refractivity contribution is -0.131. The van der Waals surface area contributed by atoms with Gasteiger partial charge >= 0.3 is 5.97 Å². The van der Waals surface area contributed by atoms with Gasteiger partial charge in [0.15, 0.2) is 11.5 Å². The molecule has 0 N–H and O–H groups in total. The summed E-state index contributed by atoms with van der Waals surface area (Å²) < 4.78 is 17.4. The molecule has 3 aromatic rings. The number of para-hydroxylation sites is 1. The average Bonchev–Trinajstić information content (AvgIpc) is 2.75. The molecule has 1 atom stereocenters. The summed E-state index contributed by atoms with van der Waals surface area (Å²) in [4.78, 5) is 22.6. The third-order valence-corrected chi connectivity index (χ3v) is 4.51. The summed E-state index contributed by atoms with van der Waals surface area (Å²) in [6.07, 6.45) is 1.08. The Morgan fingerprint density at radius 2 is 1.67 bits per heavy atom. The van der Waals surface area contributed by atoms with E-state index < -0.39 is 12.1 Å². The number of hydrogen-bond donors (Lipinski definition) is 0. The Morgan fingerprint density at radius 1 is 0.933 bits per heavy atom. The summed E-state index contributed by atoms with van der Waals surface area (Å²) >= 11 is 0. The molecule has 3 rings (SSSR count). The van der Waals surface area contributed by atoms with E-state index in [2.05, 4.69) is 0 Å². The number of hydrogen-bond acceptors (Lipinski definition) is 5. The summed E-state index contributed by atoms with van der Waals surface area (Å²) in [5.74, 6) is 1.05. The molecule has 0 saturated carbocycles. The van der Waals surface area contributed by atoms with Crippen molar-refractivity contribution in [3.05, 3.63) is 89.5 Å². The van der Waals surface area contributed by atoms with Gasteiger partial charge in [0.1, 0.15) is 18.1 Å². The molecule has 3 aromatic carbocycles. The molecule has 5 heteroatoms. The minimum Gasteiger partial charge on any atom is -0.489 e. The zero-order valence-corrected chi connectivity index (χ0v) is 17.0. The van der Waals surface area contributed by atoms with Crippen molar-refractivity contribution in [2.24, 2.45) is 0 Å². The standard InChI is InChI=1S/C25H24O5/c1-18(22-10-6-7-11-23(22)30-19(2)27)29-25-16-21(17-26)12-13-24(25)28-15-14-20-8-4-3-5-9-20/h3-13,16-18H,14-15H2,1-2H3. The zero-order chi connectivity index (χ0) is 21.3. The average molecular weight is 404 g/mol. The third kappa shape index (κ3) is 5.70. The van der Waals surface area contributed by atoms with Crippen LogP contribution in [0.15, 0.2) is 72.8 Å². The van der Waals surface area contributed by atoms with E-state index >= 15 is 0 Å². The molecule has 0 aliphatic rings. The van der Waals surface area contributed by atoms with Crippen molar-refractivity contribution >= 4 is 12.3 Å². The Balaban J connectivity index is 1.77. The Hall–Kier alpha value is -3.60. The van der Waals surface area contributed by atoms with Gasteiger partial charge in [0.25, 0.3) is 0 Å². The van der Waals surface area contributed by atoms with Crippen molar-refractivity contribution in [2.45, 2.75) is 26.4 Å². The number of esters is 1. The van der Waals surface area contributed by atoms with Crippen molar-refractivity contribution in [3.63, 3.8) is 0 Å². The summed E-state index contributed by atoms with van der Waals surface area (Å²) in [5, 5.41) is 0. The van der Waals surface area contributed by atoms with Crippen LogP contribution in [0.4, 0.5) is 0 Å². The number of benzene rings is 3. The fourth-order valence-electron chi connectivity index (χ4n) is 3.05. The fraction of sp³-hybridized carbons (Fsp3) is 0.200. The van der Waals surface area contributed by atoms with Crippen LogP contribution in [0.1, 0.15) is 41.4 Å². The molecule has 0 aliphatic heterocycles. The molecular weight excluding hydrogens is 380 g/mol. The second-order valence-electron chi connectivity index (χ2n) is 6.80. The maximum Gasteiger partial charge on any atom is 0.308 e. The predicted octanol–water partition coefficient (Wildman–Crippen LogP) is 5.19. The van der Waals surface area contributed by atoms with Gasteiger partial charge in [0.2, 0.25) is 0 Å². The largest absolute Gasteiger partial charge is 0.489 e. The van der Waals surface area contributed by atoms with Gasteiger partial charge in [-0.25, -0.2) is 0 Å². The van der Waals surface area contributed by atoms with E-state index in [1.807, 2.05) is 49.4 Å². The highest BCUT2D eigenvalue weighted by Crippen LogP contribution is 2.34. The first kappa shape index (κ1) is 21.1.